The Labute approximate surface area is 176 Å². The normalized spacial score (nSPS) is 17.6. The Kier molecular flexibility index (Phi) is 9.04. The number of phenolic OH excluding ortho intramolecular Hbond substituents is 2. The van der Waals surface area contributed by atoms with E-state index in [4.69, 9.17) is 18.9 Å². The van der Waals surface area contributed by atoms with Crippen LogP contribution in [-0.4, -0.2) is 62.9 Å². The van der Waals surface area contributed by atoms with E-state index in [1.807, 2.05) is 24.3 Å². The Morgan fingerprint density at radius 3 is 1.50 bits per heavy atom. The SMILES string of the molecule is Oc1c2cccc1OCCOCCOCCOc1cccc(c1O)CNCCNC2. The maximum Gasteiger partial charge on any atom is 0.162 e. The minimum Gasteiger partial charge on any atom is -0.504 e. The molecule has 0 amide bonds. The zero-order valence-corrected chi connectivity index (χ0v) is 17.1. The van der Waals surface area contributed by atoms with E-state index in [0.29, 0.717) is 77.3 Å². The van der Waals surface area contributed by atoms with Gasteiger partial charge in [0.15, 0.2) is 23.0 Å². The number of para-hydroxylation sites is 2. The van der Waals surface area contributed by atoms with E-state index < -0.39 is 0 Å². The molecule has 0 saturated carbocycles. The molecule has 1 aliphatic rings. The van der Waals surface area contributed by atoms with Crippen molar-refractivity contribution in [3.8, 4) is 23.0 Å². The van der Waals surface area contributed by atoms with Gasteiger partial charge in [-0.2, -0.15) is 0 Å². The molecule has 0 fully saturated rings. The summed E-state index contributed by atoms with van der Waals surface area (Å²) < 4.78 is 22.2. The van der Waals surface area contributed by atoms with E-state index >= 15 is 0 Å². The second-order valence-corrected chi connectivity index (χ2v) is 6.80. The summed E-state index contributed by atoms with van der Waals surface area (Å²) >= 11 is 0. The van der Waals surface area contributed by atoms with E-state index in [2.05, 4.69) is 10.6 Å². The fourth-order valence-electron chi connectivity index (χ4n) is 3.02. The van der Waals surface area contributed by atoms with Crippen LogP contribution in [0, 0.1) is 0 Å². The number of hydrogen-bond acceptors (Lipinski definition) is 8. The van der Waals surface area contributed by atoms with E-state index in [1.54, 1.807) is 12.1 Å². The summed E-state index contributed by atoms with van der Waals surface area (Å²) in [5, 5.41) is 27.4. The molecule has 0 aromatic heterocycles. The van der Waals surface area contributed by atoms with Crippen LogP contribution in [0.2, 0.25) is 0 Å². The summed E-state index contributed by atoms with van der Waals surface area (Å²) in [5.74, 6) is 1.18. The number of phenols is 2. The molecule has 0 atom stereocenters. The van der Waals surface area contributed by atoms with Crippen LogP contribution in [0.25, 0.3) is 0 Å². The second kappa shape index (κ2) is 12.2. The van der Waals surface area contributed by atoms with E-state index in [-0.39, 0.29) is 11.5 Å². The third-order valence-corrected chi connectivity index (χ3v) is 4.62. The smallest absolute Gasteiger partial charge is 0.162 e. The van der Waals surface area contributed by atoms with Crippen LogP contribution in [-0.2, 0) is 22.6 Å². The van der Waals surface area contributed by atoms with Crippen LogP contribution < -0.4 is 20.1 Å². The Balaban J connectivity index is 1.58. The summed E-state index contributed by atoms with van der Waals surface area (Å²) in [6.07, 6.45) is 0. The van der Waals surface area contributed by atoms with Gasteiger partial charge >= 0.3 is 0 Å². The fraction of sp³-hybridized carbons (Fsp3) is 0.455. The highest BCUT2D eigenvalue weighted by Gasteiger charge is 2.09. The van der Waals surface area contributed by atoms with Crippen molar-refractivity contribution < 1.29 is 29.2 Å². The quantitative estimate of drug-likeness (QED) is 0.514. The molecule has 3 rings (SSSR count). The molecule has 1 aliphatic heterocycles. The monoisotopic (exact) mass is 418 g/mol. The van der Waals surface area contributed by atoms with Gasteiger partial charge in [-0.3, -0.25) is 0 Å². The first kappa shape index (κ1) is 22.2. The lowest BCUT2D eigenvalue weighted by molar-refractivity contribution is 0.0269. The molecular formula is C22H30N2O6. The lowest BCUT2D eigenvalue weighted by Crippen LogP contribution is -2.26. The molecular weight excluding hydrogens is 388 g/mol. The Bertz CT molecular complexity index is 721. The Morgan fingerprint density at radius 2 is 1.03 bits per heavy atom. The standard InChI is InChI=1S/C22H30N2O6/c25-21-17-3-1-5-19(21)29-13-11-27-9-10-28-12-14-30-20-6-2-4-18(22(20)26)16-24-8-7-23-15-17/h1-6,23-26H,7-16H2. The molecule has 30 heavy (non-hydrogen) atoms. The van der Waals surface area contributed by atoms with Crippen molar-refractivity contribution >= 4 is 0 Å². The minimum absolute atomic E-state index is 0.144. The molecule has 164 valence electrons. The summed E-state index contributed by atoms with van der Waals surface area (Å²) in [7, 11) is 0. The Morgan fingerprint density at radius 1 is 0.600 bits per heavy atom. The van der Waals surface area contributed by atoms with E-state index in [9.17, 15) is 10.2 Å². The van der Waals surface area contributed by atoms with Crippen molar-refractivity contribution in [1.29, 1.82) is 0 Å². The zero-order valence-electron chi connectivity index (χ0n) is 17.1. The predicted molar refractivity (Wildman–Crippen MR) is 112 cm³/mol. The number of aromatic hydroxyl groups is 2. The minimum atomic E-state index is 0.144. The molecule has 1 heterocycles. The average molecular weight is 418 g/mol. The van der Waals surface area contributed by atoms with Crippen LogP contribution >= 0.6 is 0 Å². The summed E-state index contributed by atoms with van der Waals surface area (Å²) in [6.45, 7) is 4.79. The first-order chi connectivity index (χ1) is 14.8. The number of nitrogens with one attached hydrogen (secondary N) is 2. The summed E-state index contributed by atoms with van der Waals surface area (Å²) in [5.41, 5.74) is 1.54. The fourth-order valence-corrected chi connectivity index (χ4v) is 3.02. The van der Waals surface area contributed by atoms with Crippen LogP contribution in [0.4, 0.5) is 0 Å². The van der Waals surface area contributed by atoms with Gasteiger partial charge in [-0.1, -0.05) is 24.3 Å². The van der Waals surface area contributed by atoms with Crippen molar-refractivity contribution in [2.75, 3.05) is 52.7 Å². The number of fused-ring (bicyclic) bond motifs is 4. The molecule has 0 unspecified atom stereocenters. The van der Waals surface area contributed by atoms with Crippen LogP contribution in [0.15, 0.2) is 36.4 Å². The van der Waals surface area contributed by atoms with Crippen molar-refractivity contribution in [2.45, 2.75) is 13.1 Å². The van der Waals surface area contributed by atoms with Crippen molar-refractivity contribution in [3.05, 3.63) is 47.5 Å². The van der Waals surface area contributed by atoms with Crippen LogP contribution in [0.3, 0.4) is 0 Å². The maximum absolute atomic E-state index is 10.4. The van der Waals surface area contributed by atoms with E-state index in [1.165, 1.54) is 0 Å². The molecule has 0 aliphatic carbocycles. The van der Waals surface area contributed by atoms with E-state index in [0.717, 1.165) is 11.1 Å². The van der Waals surface area contributed by atoms with Gasteiger partial charge in [0, 0.05) is 37.3 Å². The first-order valence-electron chi connectivity index (χ1n) is 10.2. The van der Waals surface area contributed by atoms with Gasteiger partial charge in [-0.05, 0) is 12.1 Å². The molecule has 2 aromatic carbocycles. The number of rotatable bonds is 0. The van der Waals surface area contributed by atoms with Gasteiger partial charge in [0.1, 0.15) is 13.2 Å². The Hall–Kier alpha value is -2.52. The number of benzene rings is 2. The van der Waals surface area contributed by atoms with Crippen LogP contribution in [0.1, 0.15) is 11.1 Å². The van der Waals surface area contributed by atoms with Gasteiger partial charge in [0.05, 0.1) is 26.4 Å². The van der Waals surface area contributed by atoms with Gasteiger partial charge < -0.3 is 39.8 Å². The molecule has 0 spiro atoms. The van der Waals surface area contributed by atoms with Gasteiger partial charge in [0.25, 0.3) is 0 Å². The maximum atomic E-state index is 10.4. The molecule has 8 nitrogen and oxygen atoms in total. The summed E-state index contributed by atoms with van der Waals surface area (Å²) in [6, 6.07) is 10.9. The topological polar surface area (TPSA) is 101 Å². The molecule has 4 bridgehead atoms. The van der Waals surface area contributed by atoms with Gasteiger partial charge in [0.2, 0.25) is 0 Å². The highest BCUT2D eigenvalue weighted by molar-refractivity contribution is 5.46. The van der Waals surface area contributed by atoms with Gasteiger partial charge in [-0.25, -0.2) is 0 Å². The average Bonchev–Trinajstić information content (AvgIpc) is 2.75. The summed E-state index contributed by atoms with van der Waals surface area (Å²) in [4.78, 5) is 0. The van der Waals surface area contributed by atoms with Gasteiger partial charge in [-0.15, -0.1) is 0 Å². The van der Waals surface area contributed by atoms with Crippen molar-refractivity contribution in [1.82, 2.24) is 10.6 Å². The number of hydrogen-bond donors (Lipinski definition) is 4. The third kappa shape index (κ3) is 6.77. The molecule has 0 saturated heterocycles. The zero-order chi connectivity index (χ0) is 21.0. The largest absolute Gasteiger partial charge is 0.504 e. The molecule has 2 aromatic rings. The second-order valence-electron chi connectivity index (χ2n) is 6.80. The number of ether oxygens (including phenoxy) is 4. The van der Waals surface area contributed by atoms with Crippen molar-refractivity contribution in [3.63, 3.8) is 0 Å². The predicted octanol–water partition coefficient (Wildman–Crippen LogP) is 1.78. The first-order valence-corrected chi connectivity index (χ1v) is 10.2. The highest BCUT2D eigenvalue weighted by Crippen LogP contribution is 2.30. The molecule has 0 radical (unpaired) electrons. The lowest BCUT2D eigenvalue weighted by atomic mass is 10.2. The molecule has 4 N–H and O–H groups in total. The lowest BCUT2D eigenvalue weighted by Gasteiger charge is -2.14. The third-order valence-electron chi connectivity index (χ3n) is 4.62. The molecule has 8 heteroatoms. The van der Waals surface area contributed by atoms with Crippen LogP contribution in [0.5, 0.6) is 23.0 Å². The van der Waals surface area contributed by atoms with Crippen molar-refractivity contribution in [2.24, 2.45) is 0 Å². The highest BCUT2D eigenvalue weighted by atomic mass is 16.6.